The van der Waals surface area contributed by atoms with Crippen LogP contribution in [-0.2, 0) is 11.3 Å². The van der Waals surface area contributed by atoms with Crippen molar-refractivity contribution < 1.29 is 24.9 Å². The van der Waals surface area contributed by atoms with Crippen LogP contribution in [-0.4, -0.2) is 57.7 Å². The lowest BCUT2D eigenvalue weighted by Gasteiger charge is -2.26. The molecule has 1 aliphatic rings. The minimum atomic E-state index is -1.14. The molecule has 0 spiro atoms. The van der Waals surface area contributed by atoms with E-state index in [1.165, 1.54) is 0 Å². The Hall–Kier alpha value is -1.63. The van der Waals surface area contributed by atoms with Crippen LogP contribution >= 0.6 is 0 Å². The van der Waals surface area contributed by atoms with Crippen LogP contribution in [0.4, 0.5) is 4.79 Å². The second-order valence-corrected chi connectivity index (χ2v) is 4.85. The summed E-state index contributed by atoms with van der Waals surface area (Å²) in [5.41, 5.74) is 0.985. The van der Waals surface area contributed by atoms with E-state index < -0.39 is 24.3 Å². The monoisotopic (exact) mass is 281 g/mol. The molecule has 0 bridgehead atoms. The SMILES string of the molecule is O=C(O)N1[C@@H](CO)CC(OCc2ccccc2)[C@H]1CO. The first-order chi connectivity index (χ1) is 9.67. The van der Waals surface area contributed by atoms with E-state index in [4.69, 9.17) is 9.84 Å². The summed E-state index contributed by atoms with van der Waals surface area (Å²) in [6.45, 7) is -0.232. The quantitative estimate of drug-likeness (QED) is 0.738. The maximum absolute atomic E-state index is 11.2. The van der Waals surface area contributed by atoms with Crippen molar-refractivity contribution in [2.45, 2.75) is 31.2 Å². The Bertz CT molecular complexity index is 438. The highest BCUT2D eigenvalue weighted by Gasteiger charge is 2.44. The zero-order chi connectivity index (χ0) is 14.5. The normalized spacial score (nSPS) is 25.9. The van der Waals surface area contributed by atoms with Crippen LogP contribution in [0.2, 0.25) is 0 Å². The highest BCUT2D eigenvalue weighted by Crippen LogP contribution is 2.27. The van der Waals surface area contributed by atoms with Crippen molar-refractivity contribution in [2.75, 3.05) is 13.2 Å². The van der Waals surface area contributed by atoms with Crippen molar-refractivity contribution in [1.82, 2.24) is 4.90 Å². The predicted molar refractivity (Wildman–Crippen MR) is 71.2 cm³/mol. The first-order valence-corrected chi connectivity index (χ1v) is 6.56. The van der Waals surface area contributed by atoms with Gasteiger partial charge in [-0.1, -0.05) is 30.3 Å². The van der Waals surface area contributed by atoms with Crippen molar-refractivity contribution in [1.29, 1.82) is 0 Å². The average Bonchev–Trinajstić information content (AvgIpc) is 2.84. The van der Waals surface area contributed by atoms with Gasteiger partial charge < -0.3 is 20.1 Å². The van der Waals surface area contributed by atoms with E-state index in [9.17, 15) is 15.0 Å². The molecular formula is C14H19NO5. The molecule has 110 valence electrons. The van der Waals surface area contributed by atoms with E-state index in [1.54, 1.807) is 0 Å². The van der Waals surface area contributed by atoms with Gasteiger partial charge in [-0.25, -0.2) is 4.79 Å². The van der Waals surface area contributed by atoms with Gasteiger partial charge in [-0.2, -0.15) is 0 Å². The van der Waals surface area contributed by atoms with Gasteiger partial charge in [0.05, 0.1) is 38.0 Å². The number of hydrogen-bond acceptors (Lipinski definition) is 4. The lowest BCUT2D eigenvalue weighted by atomic mass is 10.1. The van der Waals surface area contributed by atoms with Gasteiger partial charge in [-0.3, -0.25) is 4.90 Å². The van der Waals surface area contributed by atoms with Crippen molar-refractivity contribution in [3.8, 4) is 0 Å². The Labute approximate surface area is 117 Å². The minimum Gasteiger partial charge on any atom is -0.465 e. The molecule has 1 aromatic carbocycles. The Morgan fingerprint density at radius 1 is 1.25 bits per heavy atom. The summed E-state index contributed by atoms with van der Waals surface area (Å²) in [6.07, 6.45) is -1.16. The van der Waals surface area contributed by atoms with Gasteiger partial charge in [-0.15, -0.1) is 0 Å². The van der Waals surface area contributed by atoms with Gasteiger partial charge in [0.1, 0.15) is 0 Å². The van der Waals surface area contributed by atoms with Gasteiger partial charge in [-0.05, 0) is 12.0 Å². The number of rotatable bonds is 5. The van der Waals surface area contributed by atoms with Crippen molar-refractivity contribution in [3.05, 3.63) is 35.9 Å². The third kappa shape index (κ3) is 3.09. The molecule has 1 aliphatic heterocycles. The Balaban J connectivity index is 2.02. The fourth-order valence-corrected chi connectivity index (χ4v) is 2.61. The maximum Gasteiger partial charge on any atom is 0.408 e. The summed E-state index contributed by atoms with van der Waals surface area (Å²) in [6, 6.07) is 8.39. The van der Waals surface area contributed by atoms with E-state index in [1.807, 2.05) is 30.3 Å². The Morgan fingerprint density at radius 3 is 2.50 bits per heavy atom. The van der Waals surface area contributed by atoms with Crippen molar-refractivity contribution >= 4 is 6.09 Å². The van der Waals surface area contributed by atoms with Gasteiger partial charge in [0.2, 0.25) is 0 Å². The van der Waals surface area contributed by atoms with E-state index in [0.717, 1.165) is 10.5 Å². The molecule has 1 amide bonds. The molecule has 0 radical (unpaired) electrons. The zero-order valence-corrected chi connectivity index (χ0v) is 11.1. The molecule has 1 heterocycles. The fraction of sp³-hybridized carbons (Fsp3) is 0.500. The molecule has 20 heavy (non-hydrogen) atoms. The molecule has 0 aromatic heterocycles. The molecule has 1 saturated heterocycles. The molecule has 2 rings (SSSR count). The van der Waals surface area contributed by atoms with Gasteiger partial charge in [0, 0.05) is 0 Å². The molecule has 6 nitrogen and oxygen atoms in total. The molecule has 3 N–H and O–H groups in total. The van der Waals surface area contributed by atoms with E-state index in [2.05, 4.69) is 0 Å². The molecule has 6 heteroatoms. The topological polar surface area (TPSA) is 90.2 Å². The summed E-state index contributed by atoms with van der Waals surface area (Å²) in [7, 11) is 0. The number of amides is 1. The van der Waals surface area contributed by atoms with Crippen LogP contribution in [0.1, 0.15) is 12.0 Å². The van der Waals surface area contributed by atoms with E-state index >= 15 is 0 Å². The average molecular weight is 281 g/mol. The van der Waals surface area contributed by atoms with Crippen LogP contribution in [0.25, 0.3) is 0 Å². The number of nitrogens with zero attached hydrogens (tertiary/aromatic N) is 1. The van der Waals surface area contributed by atoms with Gasteiger partial charge in [0.15, 0.2) is 0 Å². The standard InChI is InChI=1S/C14H19NO5/c16-7-11-6-13(12(8-17)15(11)14(18)19)20-9-10-4-2-1-3-5-10/h1-5,11-13,16-17H,6-9H2,(H,18,19)/t11-,12-,13?/m1/s1. The second-order valence-electron chi connectivity index (χ2n) is 4.85. The third-order valence-corrected chi connectivity index (χ3v) is 3.61. The van der Waals surface area contributed by atoms with Crippen molar-refractivity contribution in [2.24, 2.45) is 0 Å². The highest BCUT2D eigenvalue weighted by molar-refractivity contribution is 5.66. The summed E-state index contributed by atoms with van der Waals surface area (Å²) in [5, 5.41) is 27.8. The predicted octanol–water partition coefficient (Wildman–Crippen LogP) is 0.677. The zero-order valence-electron chi connectivity index (χ0n) is 11.1. The number of aliphatic hydroxyl groups is 2. The van der Waals surface area contributed by atoms with Gasteiger partial charge in [0.25, 0.3) is 0 Å². The summed E-state index contributed by atoms with van der Waals surface area (Å²) >= 11 is 0. The minimum absolute atomic E-state index is 0.270. The number of benzene rings is 1. The lowest BCUT2D eigenvalue weighted by molar-refractivity contribution is -0.000905. The Kier molecular flexibility index (Phi) is 4.94. The fourth-order valence-electron chi connectivity index (χ4n) is 2.61. The number of aliphatic hydroxyl groups excluding tert-OH is 2. The van der Waals surface area contributed by atoms with E-state index in [-0.39, 0.29) is 13.2 Å². The van der Waals surface area contributed by atoms with Crippen LogP contribution < -0.4 is 0 Å². The van der Waals surface area contributed by atoms with Crippen LogP contribution in [0, 0.1) is 0 Å². The number of ether oxygens (including phenoxy) is 1. The molecule has 1 aromatic rings. The molecular weight excluding hydrogens is 262 g/mol. The molecule has 3 atom stereocenters. The Morgan fingerprint density at radius 2 is 1.95 bits per heavy atom. The highest BCUT2D eigenvalue weighted by atomic mass is 16.5. The first kappa shape index (κ1) is 14.8. The maximum atomic E-state index is 11.2. The van der Waals surface area contributed by atoms with Crippen molar-refractivity contribution in [3.63, 3.8) is 0 Å². The van der Waals surface area contributed by atoms with Crippen LogP contribution in [0.15, 0.2) is 30.3 Å². The number of carbonyl (C=O) groups is 1. The second kappa shape index (κ2) is 6.69. The van der Waals surface area contributed by atoms with Gasteiger partial charge >= 0.3 is 6.09 Å². The third-order valence-electron chi connectivity index (χ3n) is 3.61. The number of likely N-dealkylation sites (tertiary alicyclic amines) is 1. The smallest absolute Gasteiger partial charge is 0.408 e. The van der Waals surface area contributed by atoms with Crippen LogP contribution in [0.5, 0.6) is 0 Å². The molecule has 1 unspecified atom stereocenters. The van der Waals surface area contributed by atoms with Crippen LogP contribution in [0.3, 0.4) is 0 Å². The first-order valence-electron chi connectivity index (χ1n) is 6.56. The summed E-state index contributed by atoms with van der Waals surface area (Å²) in [4.78, 5) is 12.3. The largest absolute Gasteiger partial charge is 0.465 e. The molecule has 1 fully saturated rings. The number of hydrogen-bond donors (Lipinski definition) is 3. The summed E-state index contributed by atoms with van der Waals surface area (Å²) < 4.78 is 5.73. The van der Waals surface area contributed by atoms with E-state index in [0.29, 0.717) is 13.0 Å². The number of carboxylic acid groups (broad SMARTS) is 1. The molecule has 0 saturated carbocycles. The lowest BCUT2D eigenvalue weighted by Crippen LogP contribution is -2.46. The summed E-state index contributed by atoms with van der Waals surface area (Å²) in [5.74, 6) is 0. The molecule has 0 aliphatic carbocycles.